The first-order valence-corrected chi connectivity index (χ1v) is 13.2. The highest BCUT2D eigenvalue weighted by Gasteiger charge is 2.29. The Labute approximate surface area is 222 Å². The van der Waals surface area contributed by atoms with Crippen molar-refractivity contribution in [3.8, 4) is 0 Å². The number of para-hydroxylation sites is 2. The number of aryl methyl sites for hydroxylation is 2. The van der Waals surface area contributed by atoms with E-state index >= 15 is 0 Å². The molecule has 1 aliphatic carbocycles. The summed E-state index contributed by atoms with van der Waals surface area (Å²) in [5, 5.41) is 11.3. The van der Waals surface area contributed by atoms with E-state index in [9.17, 15) is 4.79 Å². The second-order valence-electron chi connectivity index (χ2n) is 10.2. The molecule has 6 nitrogen and oxygen atoms in total. The van der Waals surface area contributed by atoms with Gasteiger partial charge in [-0.3, -0.25) is 14.9 Å². The Bertz CT molecular complexity index is 1640. The first kappa shape index (κ1) is 24.2. The van der Waals surface area contributed by atoms with E-state index in [1.54, 1.807) is 11.6 Å². The van der Waals surface area contributed by atoms with Crippen molar-refractivity contribution in [1.82, 2.24) is 19.9 Å². The maximum absolute atomic E-state index is 11.4. The van der Waals surface area contributed by atoms with Crippen LogP contribution in [0.4, 0.5) is 0 Å². The van der Waals surface area contributed by atoms with Crippen LogP contribution in [0, 0.1) is 0 Å². The molecule has 3 N–H and O–H groups in total. The van der Waals surface area contributed by atoms with Gasteiger partial charge >= 0.3 is 0 Å². The molecule has 0 spiro atoms. The molecule has 1 atom stereocenters. The minimum atomic E-state index is -0.526. The predicted molar refractivity (Wildman–Crippen MR) is 152 cm³/mol. The van der Waals surface area contributed by atoms with Gasteiger partial charge in [-0.2, -0.15) is 0 Å². The fourth-order valence-electron chi connectivity index (χ4n) is 5.96. The number of H-pyrrole nitrogens is 1. The summed E-state index contributed by atoms with van der Waals surface area (Å²) in [7, 11) is 2.17. The summed E-state index contributed by atoms with van der Waals surface area (Å²) in [4.78, 5) is 17.5. The zero-order valence-electron chi connectivity index (χ0n) is 21.5. The van der Waals surface area contributed by atoms with E-state index in [2.05, 4.69) is 100 Å². The zero-order valence-corrected chi connectivity index (χ0v) is 21.5. The summed E-state index contributed by atoms with van der Waals surface area (Å²) in [5.41, 5.74) is 10.4. The predicted octanol–water partition coefficient (Wildman–Crippen LogP) is 5.91. The second-order valence-corrected chi connectivity index (χ2v) is 10.2. The van der Waals surface area contributed by atoms with Gasteiger partial charge in [0.15, 0.2) is 0 Å². The Balaban J connectivity index is 1.30. The third-order valence-corrected chi connectivity index (χ3v) is 7.95. The molecule has 6 heteroatoms. The Morgan fingerprint density at radius 1 is 1.13 bits per heavy atom. The quantitative estimate of drug-likeness (QED) is 0.140. The van der Waals surface area contributed by atoms with E-state index in [1.165, 1.54) is 50.3 Å². The molecular weight excluding hydrogens is 472 g/mol. The number of nitrogens with one attached hydrogen (secondary N) is 2. The lowest BCUT2D eigenvalue weighted by atomic mass is 10.0. The average Bonchev–Trinajstić information content (AvgIpc) is 3.65. The first-order valence-electron chi connectivity index (χ1n) is 13.2. The van der Waals surface area contributed by atoms with Gasteiger partial charge in [-0.05, 0) is 71.2 Å². The van der Waals surface area contributed by atoms with Crippen molar-refractivity contribution in [3.05, 3.63) is 113 Å². The smallest absolute Gasteiger partial charge is 0.267 e. The monoisotopic (exact) mass is 504 g/mol. The van der Waals surface area contributed by atoms with Crippen molar-refractivity contribution < 1.29 is 10.0 Å². The number of carbonyl (C=O) groups excluding carboxylic acids is 1. The van der Waals surface area contributed by atoms with Crippen LogP contribution in [0.2, 0.25) is 0 Å². The van der Waals surface area contributed by atoms with Crippen molar-refractivity contribution >= 4 is 33.8 Å². The molecule has 1 aliphatic rings. The minimum Gasteiger partial charge on any atom is -0.361 e. The average molecular weight is 505 g/mol. The number of hydrogen-bond donors (Lipinski definition) is 3. The SMILES string of the molecule is Cn1c(CN(CCc2c[nH]c3ccccc23)C2CCc3cc(C=CC(=O)NO)ccc32)cc2ccccc21. The Morgan fingerprint density at radius 3 is 2.84 bits per heavy atom. The van der Waals surface area contributed by atoms with E-state index in [-0.39, 0.29) is 0 Å². The third-order valence-electron chi connectivity index (χ3n) is 7.95. The van der Waals surface area contributed by atoms with Crippen molar-refractivity contribution in [2.45, 2.75) is 31.8 Å². The number of hydrogen-bond acceptors (Lipinski definition) is 3. The van der Waals surface area contributed by atoms with Crippen LogP contribution in [0.5, 0.6) is 0 Å². The highest BCUT2D eigenvalue weighted by Crippen LogP contribution is 2.38. The number of amides is 1. The van der Waals surface area contributed by atoms with Crippen LogP contribution in [-0.2, 0) is 31.2 Å². The number of rotatable bonds is 8. The van der Waals surface area contributed by atoms with Crippen molar-refractivity contribution in [3.63, 3.8) is 0 Å². The van der Waals surface area contributed by atoms with Crippen LogP contribution in [0.1, 0.15) is 40.4 Å². The fourth-order valence-corrected chi connectivity index (χ4v) is 5.96. The van der Waals surface area contributed by atoms with Gasteiger partial charge in [-0.15, -0.1) is 0 Å². The molecule has 1 unspecified atom stereocenters. The van der Waals surface area contributed by atoms with Crippen LogP contribution >= 0.6 is 0 Å². The molecule has 3 aromatic carbocycles. The Hall–Kier alpha value is -4.13. The van der Waals surface area contributed by atoms with Gasteiger partial charge < -0.3 is 9.55 Å². The molecule has 0 fully saturated rings. The number of aromatic nitrogens is 2. The molecular formula is C32H32N4O2. The molecule has 0 bridgehead atoms. The molecule has 1 amide bonds. The number of nitrogens with zero attached hydrogens (tertiary/aromatic N) is 2. The summed E-state index contributed by atoms with van der Waals surface area (Å²) in [6, 6.07) is 26.2. The molecule has 0 aliphatic heterocycles. The normalized spacial score (nSPS) is 15.2. The van der Waals surface area contributed by atoms with Gasteiger partial charge in [0.1, 0.15) is 0 Å². The highest BCUT2D eigenvalue weighted by atomic mass is 16.5. The van der Waals surface area contributed by atoms with E-state index in [0.29, 0.717) is 6.04 Å². The van der Waals surface area contributed by atoms with Gasteiger partial charge in [0.25, 0.3) is 5.91 Å². The summed E-state index contributed by atoms with van der Waals surface area (Å²) >= 11 is 0. The molecule has 2 aromatic heterocycles. The topological polar surface area (TPSA) is 73.3 Å². The maximum Gasteiger partial charge on any atom is 0.267 e. The van der Waals surface area contributed by atoms with Gasteiger partial charge in [0.2, 0.25) is 0 Å². The molecule has 0 radical (unpaired) electrons. The maximum atomic E-state index is 11.4. The summed E-state index contributed by atoms with van der Waals surface area (Å²) in [5.74, 6) is -0.526. The summed E-state index contributed by atoms with van der Waals surface area (Å²) in [6.07, 6.45) is 8.29. The van der Waals surface area contributed by atoms with E-state index in [0.717, 1.165) is 37.9 Å². The zero-order chi connectivity index (χ0) is 26.1. The van der Waals surface area contributed by atoms with Gasteiger partial charge in [-0.1, -0.05) is 54.6 Å². The van der Waals surface area contributed by atoms with Crippen LogP contribution in [-0.4, -0.2) is 32.1 Å². The number of hydroxylamine groups is 1. The number of fused-ring (bicyclic) bond motifs is 3. The second kappa shape index (κ2) is 10.3. The van der Waals surface area contributed by atoms with Gasteiger partial charge in [0, 0.05) is 60.6 Å². The van der Waals surface area contributed by atoms with Crippen LogP contribution in [0.15, 0.2) is 85.1 Å². The number of benzene rings is 3. The molecule has 2 heterocycles. The van der Waals surface area contributed by atoms with Crippen molar-refractivity contribution in [1.29, 1.82) is 0 Å². The lowest BCUT2D eigenvalue weighted by Gasteiger charge is -2.30. The number of carbonyl (C=O) groups is 1. The van der Waals surface area contributed by atoms with Crippen LogP contribution in [0.3, 0.4) is 0 Å². The van der Waals surface area contributed by atoms with Crippen LogP contribution in [0.25, 0.3) is 27.9 Å². The highest BCUT2D eigenvalue weighted by molar-refractivity contribution is 5.90. The molecule has 5 aromatic rings. The Morgan fingerprint density at radius 2 is 1.97 bits per heavy atom. The Kier molecular flexibility index (Phi) is 6.58. The summed E-state index contributed by atoms with van der Waals surface area (Å²) in [6.45, 7) is 1.82. The van der Waals surface area contributed by atoms with Crippen LogP contribution < -0.4 is 5.48 Å². The largest absolute Gasteiger partial charge is 0.361 e. The minimum absolute atomic E-state index is 0.326. The molecule has 6 rings (SSSR count). The molecule has 0 saturated carbocycles. The van der Waals surface area contributed by atoms with E-state index in [1.807, 2.05) is 0 Å². The molecule has 38 heavy (non-hydrogen) atoms. The standard InChI is InChI=1S/C32H32N4O2/c1-35-26(19-24-6-2-5-9-30(24)35)21-36(17-16-25-20-33-29-8-4-3-7-27(25)29)31-14-12-23-18-22(10-13-28(23)31)11-15-32(37)34-38/h2-11,13,15,18-20,31,33,38H,12,14,16-17,21H2,1H3,(H,34,37). The third kappa shape index (κ3) is 4.64. The van der Waals surface area contributed by atoms with E-state index < -0.39 is 5.91 Å². The van der Waals surface area contributed by atoms with Crippen molar-refractivity contribution in [2.24, 2.45) is 7.05 Å². The lowest BCUT2D eigenvalue weighted by molar-refractivity contribution is -0.124. The van der Waals surface area contributed by atoms with Gasteiger partial charge in [-0.25, -0.2) is 5.48 Å². The lowest BCUT2D eigenvalue weighted by Crippen LogP contribution is -2.30. The molecule has 192 valence electrons. The number of aromatic amines is 1. The fraction of sp³-hybridized carbons (Fsp3) is 0.219. The van der Waals surface area contributed by atoms with E-state index in [4.69, 9.17) is 5.21 Å². The van der Waals surface area contributed by atoms with Gasteiger partial charge in [0.05, 0.1) is 0 Å². The molecule has 0 saturated heterocycles. The first-order chi connectivity index (χ1) is 18.6. The van der Waals surface area contributed by atoms with Crippen molar-refractivity contribution in [2.75, 3.05) is 6.54 Å². The summed E-state index contributed by atoms with van der Waals surface area (Å²) < 4.78 is 2.32.